The number of unbranched alkanes of at least 4 members (excludes halogenated alkanes) is 2. The molecule has 3 N–H and O–H groups in total. The van der Waals surface area contributed by atoms with Crippen LogP contribution in [-0.2, 0) is 5.41 Å². The molecule has 0 aliphatic carbocycles. The van der Waals surface area contributed by atoms with Gasteiger partial charge in [-0.1, -0.05) is 70.4 Å². The molecule has 2 nitrogen and oxygen atoms in total. The number of hydrogen-bond acceptors (Lipinski definition) is 2. The van der Waals surface area contributed by atoms with Gasteiger partial charge in [0.2, 0.25) is 0 Å². The number of rotatable bonds is 7. The van der Waals surface area contributed by atoms with Gasteiger partial charge in [0.15, 0.2) is 0 Å². The molecule has 0 aromatic heterocycles. The molecule has 1 aromatic carbocycles. The van der Waals surface area contributed by atoms with Crippen molar-refractivity contribution in [2.24, 2.45) is 5.84 Å². The lowest BCUT2D eigenvalue weighted by molar-refractivity contribution is 0.318. The average Bonchev–Trinajstić information content (AvgIpc) is 2.35. The maximum atomic E-state index is 5.73. The Labute approximate surface area is 106 Å². The zero-order chi connectivity index (χ0) is 12.7. The van der Waals surface area contributed by atoms with E-state index in [4.69, 9.17) is 5.84 Å². The van der Waals surface area contributed by atoms with Crippen LogP contribution in [0.3, 0.4) is 0 Å². The Hall–Kier alpha value is -0.860. The van der Waals surface area contributed by atoms with Crippen molar-refractivity contribution in [3.63, 3.8) is 0 Å². The van der Waals surface area contributed by atoms with Crippen LogP contribution in [0.2, 0.25) is 0 Å². The van der Waals surface area contributed by atoms with Crippen molar-refractivity contribution < 1.29 is 0 Å². The predicted octanol–water partition coefficient (Wildman–Crippen LogP) is 3.38. The fraction of sp³-hybridized carbons (Fsp3) is 0.600. The van der Waals surface area contributed by atoms with Crippen molar-refractivity contribution in [1.29, 1.82) is 0 Å². The molecule has 0 fully saturated rings. The van der Waals surface area contributed by atoms with Crippen LogP contribution in [0.15, 0.2) is 30.3 Å². The molecule has 0 spiro atoms. The SMILES string of the molecule is CCCCCC(NN)C(C)(C)c1ccccc1. The molecule has 17 heavy (non-hydrogen) atoms. The van der Waals surface area contributed by atoms with Crippen molar-refractivity contribution in [3.05, 3.63) is 35.9 Å². The first-order valence-corrected chi connectivity index (χ1v) is 6.64. The van der Waals surface area contributed by atoms with E-state index in [1.54, 1.807) is 0 Å². The number of hydrazine groups is 1. The van der Waals surface area contributed by atoms with E-state index in [0.717, 1.165) is 6.42 Å². The lowest BCUT2D eigenvalue weighted by Crippen LogP contribution is -2.48. The first-order chi connectivity index (χ1) is 8.12. The molecule has 2 heteroatoms. The molecule has 0 amide bonds. The maximum Gasteiger partial charge on any atom is 0.0302 e. The largest absolute Gasteiger partial charge is 0.271 e. The lowest BCUT2D eigenvalue weighted by atomic mass is 9.76. The van der Waals surface area contributed by atoms with Crippen molar-refractivity contribution in [2.75, 3.05) is 0 Å². The van der Waals surface area contributed by atoms with E-state index < -0.39 is 0 Å². The van der Waals surface area contributed by atoms with Crippen LogP contribution in [0.1, 0.15) is 52.0 Å². The molecule has 0 aliphatic heterocycles. The summed E-state index contributed by atoms with van der Waals surface area (Å²) in [4.78, 5) is 0. The second kappa shape index (κ2) is 6.77. The molecule has 0 saturated carbocycles. The van der Waals surface area contributed by atoms with Gasteiger partial charge in [-0.3, -0.25) is 11.3 Å². The highest BCUT2D eigenvalue weighted by atomic mass is 15.2. The van der Waals surface area contributed by atoms with Gasteiger partial charge in [0.1, 0.15) is 0 Å². The molecule has 0 saturated heterocycles. The summed E-state index contributed by atoms with van der Waals surface area (Å²) in [5.74, 6) is 5.73. The van der Waals surface area contributed by atoms with Gasteiger partial charge in [-0.05, 0) is 12.0 Å². The summed E-state index contributed by atoms with van der Waals surface area (Å²) in [6.45, 7) is 6.75. The summed E-state index contributed by atoms with van der Waals surface area (Å²) < 4.78 is 0. The minimum atomic E-state index is 0.0732. The van der Waals surface area contributed by atoms with Crippen LogP contribution in [0, 0.1) is 0 Å². The van der Waals surface area contributed by atoms with E-state index in [-0.39, 0.29) is 5.41 Å². The van der Waals surface area contributed by atoms with Crippen LogP contribution in [0.25, 0.3) is 0 Å². The van der Waals surface area contributed by atoms with E-state index in [1.165, 1.54) is 24.8 Å². The molecule has 96 valence electrons. The molecule has 0 bridgehead atoms. The third-order valence-corrected chi connectivity index (χ3v) is 3.69. The highest BCUT2D eigenvalue weighted by molar-refractivity contribution is 5.25. The number of nitrogens with one attached hydrogen (secondary N) is 1. The third kappa shape index (κ3) is 3.83. The highest BCUT2D eigenvalue weighted by Crippen LogP contribution is 2.29. The molecular weight excluding hydrogens is 208 g/mol. The minimum absolute atomic E-state index is 0.0732. The standard InChI is InChI=1S/C15H26N2/c1-4-5-7-12-14(17-16)15(2,3)13-10-8-6-9-11-13/h6,8-11,14,17H,4-5,7,12,16H2,1-3H3. The van der Waals surface area contributed by atoms with Crippen molar-refractivity contribution >= 4 is 0 Å². The van der Waals surface area contributed by atoms with Gasteiger partial charge in [0.05, 0.1) is 0 Å². The second-order valence-electron chi connectivity index (χ2n) is 5.30. The molecule has 0 heterocycles. The monoisotopic (exact) mass is 234 g/mol. The second-order valence-corrected chi connectivity index (χ2v) is 5.30. The average molecular weight is 234 g/mol. The van der Waals surface area contributed by atoms with E-state index in [1.807, 2.05) is 0 Å². The topological polar surface area (TPSA) is 38.0 Å². The highest BCUT2D eigenvalue weighted by Gasteiger charge is 2.29. The Morgan fingerprint density at radius 3 is 2.35 bits per heavy atom. The molecule has 1 aromatic rings. The van der Waals surface area contributed by atoms with Gasteiger partial charge >= 0.3 is 0 Å². The molecule has 1 unspecified atom stereocenters. The van der Waals surface area contributed by atoms with Gasteiger partial charge in [-0.2, -0.15) is 0 Å². The Bertz CT molecular complexity index is 306. The molecular formula is C15H26N2. The van der Waals surface area contributed by atoms with Gasteiger partial charge in [-0.15, -0.1) is 0 Å². The first kappa shape index (κ1) is 14.2. The Balaban J connectivity index is 2.72. The van der Waals surface area contributed by atoms with E-state index in [9.17, 15) is 0 Å². The van der Waals surface area contributed by atoms with Crippen LogP contribution in [0.5, 0.6) is 0 Å². The molecule has 1 rings (SSSR count). The van der Waals surface area contributed by atoms with Crippen LogP contribution in [0.4, 0.5) is 0 Å². The lowest BCUT2D eigenvalue weighted by Gasteiger charge is -2.34. The zero-order valence-electron chi connectivity index (χ0n) is 11.4. The number of benzene rings is 1. The third-order valence-electron chi connectivity index (χ3n) is 3.69. The predicted molar refractivity (Wildman–Crippen MR) is 74.7 cm³/mol. The van der Waals surface area contributed by atoms with E-state index in [0.29, 0.717) is 6.04 Å². The van der Waals surface area contributed by atoms with E-state index >= 15 is 0 Å². The van der Waals surface area contributed by atoms with Crippen LogP contribution >= 0.6 is 0 Å². The fourth-order valence-electron chi connectivity index (χ4n) is 2.32. The van der Waals surface area contributed by atoms with Gasteiger partial charge < -0.3 is 0 Å². The smallest absolute Gasteiger partial charge is 0.0302 e. The summed E-state index contributed by atoms with van der Waals surface area (Å²) in [5, 5.41) is 0. The summed E-state index contributed by atoms with van der Waals surface area (Å²) in [5.41, 5.74) is 4.42. The molecule has 0 radical (unpaired) electrons. The van der Waals surface area contributed by atoms with Gasteiger partial charge in [0.25, 0.3) is 0 Å². The van der Waals surface area contributed by atoms with Gasteiger partial charge in [0, 0.05) is 11.5 Å². The van der Waals surface area contributed by atoms with E-state index in [2.05, 4.69) is 56.5 Å². The summed E-state index contributed by atoms with van der Waals surface area (Å²) in [7, 11) is 0. The summed E-state index contributed by atoms with van der Waals surface area (Å²) in [6, 6.07) is 10.9. The van der Waals surface area contributed by atoms with Crippen LogP contribution < -0.4 is 11.3 Å². The molecule has 0 aliphatic rings. The summed E-state index contributed by atoms with van der Waals surface area (Å²) >= 11 is 0. The van der Waals surface area contributed by atoms with Crippen LogP contribution in [-0.4, -0.2) is 6.04 Å². The number of hydrogen-bond donors (Lipinski definition) is 2. The van der Waals surface area contributed by atoms with Gasteiger partial charge in [-0.25, -0.2) is 0 Å². The Kier molecular flexibility index (Phi) is 5.66. The number of nitrogens with two attached hydrogens (primary N) is 1. The van der Waals surface area contributed by atoms with Crippen molar-refractivity contribution in [2.45, 2.75) is 57.9 Å². The normalized spacial score (nSPS) is 13.6. The molecule has 1 atom stereocenters. The summed E-state index contributed by atoms with van der Waals surface area (Å²) in [6.07, 6.45) is 4.90. The minimum Gasteiger partial charge on any atom is -0.271 e. The quantitative estimate of drug-likeness (QED) is 0.431. The zero-order valence-corrected chi connectivity index (χ0v) is 11.4. The van der Waals surface area contributed by atoms with Crippen molar-refractivity contribution in [1.82, 2.24) is 5.43 Å². The Morgan fingerprint density at radius 2 is 1.82 bits per heavy atom. The Morgan fingerprint density at radius 1 is 1.18 bits per heavy atom. The fourth-order valence-corrected chi connectivity index (χ4v) is 2.32. The first-order valence-electron chi connectivity index (χ1n) is 6.64. The maximum absolute atomic E-state index is 5.73. The van der Waals surface area contributed by atoms with Crippen molar-refractivity contribution in [3.8, 4) is 0 Å².